The molecule has 2 aromatic rings. The average Bonchev–Trinajstić information content (AvgIpc) is 3.41. The first-order valence-corrected chi connectivity index (χ1v) is 12.8. The van der Waals surface area contributed by atoms with Crippen LogP contribution in [0.3, 0.4) is 0 Å². The molecular weight excluding hydrogens is 424 g/mol. The van der Waals surface area contributed by atoms with Crippen LogP contribution >= 0.6 is 11.3 Å². The molecule has 5 aliphatic rings. The lowest BCUT2D eigenvalue weighted by Gasteiger charge is -2.56. The van der Waals surface area contributed by atoms with Gasteiger partial charge in [-0.25, -0.2) is 4.98 Å². The number of fused-ring (bicyclic) bond motifs is 1. The third kappa shape index (κ3) is 3.21. The van der Waals surface area contributed by atoms with Gasteiger partial charge in [0, 0.05) is 13.6 Å². The van der Waals surface area contributed by atoms with Crippen molar-refractivity contribution < 1.29 is 9.59 Å². The fraction of sp³-hybridized carbons (Fsp3) is 0.667. The summed E-state index contributed by atoms with van der Waals surface area (Å²) in [4.78, 5) is 50.4. The van der Waals surface area contributed by atoms with Gasteiger partial charge in [0.25, 0.3) is 5.56 Å². The molecule has 3 heterocycles. The third-order valence-corrected chi connectivity index (χ3v) is 9.32. The van der Waals surface area contributed by atoms with Crippen LogP contribution in [0.4, 0.5) is 0 Å². The number of likely N-dealkylation sites (N-methyl/N-ethyl adjacent to an activating group) is 1. The second-order valence-corrected chi connectivity index (χ2v) is 11.6. The SMILES string of the molecule is CN(Cc1nc2ccsc2c(=O)[nH]1)C(=O)C1CCCN1C(=O)C12CC3CC(CC(C3)C1)C2. The Morgan fingerprint density at radius 1 is 1.22 bits per heavy atom. The van der Waals surface area contributed by atoms with Crippen molar-refractivity contribution in [2.75, 3.05) is 13.6 Å². The van der Waals surface area contributed by atoms with Gasteiger partial charge in [0.05, 0.1) is 17.5 Å². The maximum atomic E-state index is 13.9. The van der Waals surface area contributed by atoms with Gasteiger partial charge in [-0.15, -0.1) is 11.3 Å². The number of aromatic nitrogens is 2. The molecule has 1 aliphatic heterocycles. The molecule has 2 amide bonds. The fourth-order valence-electron chi connectivity index (χ4n) is 7.50. The van der Waals surface area contributed by atoms with Crippen molar-refractivity contribution in [3.8, 4) is 0 Å². The molecule has 0 spiro atoms. The molecule has 0 radical (unpaired) electrons. The quantitative estimate of drug-likeness (QED) is 0.769. The van der Waals surface area contributed by atoms with E-state index < -0.39 is 6.04 Å². The number of nitrogens with zero attached hydrogens (tertiary/aromatic N) is 3. The number of H-pyrrole nitrogens is 1. The Morgan fingerprint density at radius 2 is 1.91 bits per heavy atom. The summed E-state index contributed by atoms with van der Waals surface area (Å²) in [7, 11) is 1.74. The highest BCUT2D eigenvalue weighted by Crippen LogP contribution is 2.60. The summed E-state index contributed by atoms with van der Waals surface area (Å²) in [5, 5.41) is 1.85. The van der Waals surface area contributed by atoms with Crippen LogP contribution in [-0.2, 0) is 16.1 Å². The number of rotatable bonds is 4. The summed E-state index contributed by atoms with van der Waals surface area (Å²) in [6.45, 7) is 0.913. The first-order chi connectivity index (χ1) is 15.4. The molecule has 32 heavy (non-hydrogen) atoms. The van der Waals surface area contributed by atoms with E-state index in [-0.39, 0.29) is 29.3 Å². The highest BCUT2D eigenvalue weighted by Gasteiger charge is 2.56. The van der Waals surface area contributed by atoms with E-state index in [2.05, 4.69) is 9.97 Å². The normalized spacial score (nSPS) is 33.2. The van der Waals surface area contributed by atoms with Crippen molar-refractivity contribution in [2.24, 2.45) is 23.2 Å². The fourth-order valence-corrected chi connectivity index (χ4v) is 8.22. The molecule has 4 saturated carbocycles. The molecule has 1 atom stereocenters. The standard InChI is InChI=1S/C24H30N4O3S/c1-27(13-19-25-17-4-6-32-20(17)21(29)26-19)22(30)18-3-2-5-28(18)23(31)24-10-14-7-15(11-24)9-16(8-14)12-24/h4,6,14-16,18H,2-3,5,7-13H2,1H3,(H,25,26,29). The second-order valence-electron chi connectivity index (χ2n) is 10.7. The van der Waals surface area contributed by atoms with Crippen molar-refractivity contribution in [1.29, 1.82) is 0 Å². The minimum absolute atomic E-state index is 0.0476. The van der Waals surface area contributed by atoms with Crippen LogP contribution in [0.5, 0.6) is 0 Å². The molecule has 2 aromatic heterocycles. The Balaban J connectivity index is 1.19. The first kappa shape index (κ1) is 20.4. The number of carbonyl (C=O) groups is 2. The summed E-state index contributed by atoms with van der Waals surface area (Å²) >= 11 is 1.36. The van der Waals surface area contributed by atoms with Crippen LogP contribution in [0, 0.1) is 23.2 Å². The molecule has 8 heteroatoms. The topological polar surface area (TPSA) is 86.4 Å². The Hall–Kier alpha value is -2.22. The smallest absolute Gasteiger partial charge is 0.268 e. The number of amides is 2. The summed E-state index contributed by atoms with van der Waals surface area (Å²) in [5.41, 5.74) is 0.280. The van der Waals surface area contributed by atoms with E-state index in [4.69, 9.17) is 0 Å². The third-order valence-electron chi connectivity index (χ3n) is 8.42. The number of likely N-dealkylation sites (tertiary alicyclic amines) is 1. The molecule has 170 valence electrons. The lowest BCUT2D eigenvalue weighted by atomic mass is 9.49. The number of carbonyl (C=O) groups excluding carboxylic acids is 2. The predicted octanol–water partition coefficient (Wildman–Crippen LogP) is 3.15. The van der Waals surface area contributed by atoms with Crippen LogP contribution in [0.1, 0.15) is 57.2 Å². The zero-order valence-electron chi connectivity index (χ0n) is 18.5. The Morgan fingerprint density at radius 3 is 2.59 bits per heavy atom. The van der Waals surface area contributed by atoms with Crippen LogP contribution in [0.15, 0.2) is 16.2 Å². The second kappa shape index (κ2) is 7.40. The van der Waals surface area contributed by atoms with Gasteiger partial charge in [0.1, 0.15) is 16.6 Å². The summed E-state index contributed by atoms with van der Waals surface area (Å²) in [5.74, 6) is 2.80. The molecule has 7 rings (SSSR count). The Bertz CT molecular complexity index is 1100. The van der Waals surface area contributed by atoms with Crippen LogP contribution in [-0.4, -0.2) is 51.2 Å². The lowest BCUT2D eigenvalue weighted by molar-refractivity contribution is -0.161. The lowest BCUT2D eigenvalue weighted by Crippen LogP contribution is -2.57. The van der Waals surface area contributed by atoms with Crippen molar-refractivity contribution in [3.05, 3.63) is 27.6 Å². The van der Waals surface area contributed by atoms with Gasteiger partial charge in [-0.3, -0.25) is 14.4 Å². The molecule has 1 N–H and O–H groups in total. The predicted molar refractivity (Wildman–Crippen MR) is 122 cm³/mol. The highest BCUT2D eigenvalue weighted by molar-refractivity contribution is 7.17. The van der Waals surface area contributed by atoms with Gasteiger partial charge in [-0.05, 0) is 80.6 Å². The van der Waals surface area contributed by atoms with Crippen LogP contribution < -0.4 is 5.56 Å². The van der Waals surface area contributed by atoms with Gasteiger partial charge in [-0.1, -0.05) is 0 Å². The summed E-state index contributed by atoms with van der Waals surface area (Å²) in [6.07, 6.45) is 8.57. The molecule has 5 fully saturated rings. The maximum absolute atomic E-state index is 13.9. The van der Waals surface area contributed by atoms with Gasteiger partial charge in [0.15, 0.2) is 0 Å². The van der Waals surface area contributed by atoms with E-state index >= 15 is 0 Å². The van der Waals surface area contributed by atoms with E-state index in [0.29, 0.717) is 40.3 Å². The van der Waals surface area contributed by atoms with Crippen molar-refractivity contribution in [1.82, 2.24) is 19.8 Å². The van der Waals surface area contributed by atoms with Gasteiger partial charge >= 0.3 is 0 Å². The van der Waals surface area contributed by atoms with E-state index in [0.717, 1.165) is 32.1 Å². The maximum Gasteiger partial charge on any atom is 0.268 e. The number of nitrogens with one attached hydrogen (secondary N) is 1. The van der Waals surface area contributed by atoms with E-state index in [1.54, 1.807) is 11.9 Å². The molecule has 1 saturated heterocycles. The Labute approximate surface area is 191 Å². The number of aromatic amines is 1. The Kier molecular flexibility index (Phi) is 4.72. The van der Waals surface area contributed by atoms with E-state index in [1.807, 2.05) is 16.3 Å². The molecular formula is C24H30N4O3S. The minimum atomic E-state index is -0.392. The zero-order valence-corrected chi connectivity index (χ0v) is 19.3. The minimum Gasteiger partial charge on any atom is -0.336 e. The number of hydrogen-bond donors (Lipinski definition) is 1. The van der Waals surface area contributed by atoms with Gasteiger partial charge in [-0.2, -0.15) is 0 Å². The molecule has 1 unspecified atom stereocenters. The van der Waals surface area contributed by atoms with Gasteiger partial charge < -0.3 is 14.8 Å². The van der Waals surface area contributed by atoms with Crippen LogP contribution in [0.2, 0.25) is 0 Å². The average molecular weight is 455 g/mol. The monoisotopic (exact) mass is 454 g/mol. The largest absolute Gasteiger partial charge is 0.336 e. The molecule has 4 aliphatic carbocycles. The van der Waals surface area contributed by atoms with Crippen LogP contribution in [0.25, 0.3) is 10.2 Å². The van der Waals surface area contributed by atoms with Crippen molar-refractivity contribution >= 4 is 33.4 Å². The first-order valence-electron chi connectivity index (χ1n) is 11.9. The highest BCUT2D eigenvalue weighted by atomic mass is 32.1. The van der Waals surface area contributed by atoms with E-state index in [9.17, 15) is 14.4 Å². The number of thiophene rings is 1. The summed E-state index contributed by atoms with van der Waals surface area (Å²) < 4.78 is 0.603. The molecule has 7 nitrogen and oxygen atoms in total. The molecule has 0 aromatic carbocycles. The van der Waals surface area contributed by atoms with Crippen molar-refractivity contribution in [3.63, 3.8) is 0 Å². The number of hydrogen-bond acceptors (Lipinski definition) is 5. The van der Waals surface area contributed by atoms with E-state index in [1.165, 1.54) is 30.6 Å². The molecule has 4 bridgehead atoms. The van der Waals surface area contributed by atoms with Gasteiger partial charge in [0.2, 0.25) is 11.8 Å². The van der Waals surface area contributed by atoms with Crippen molar-refractivity contribution in [2.45, 2.75) is 64.0 Å². The summed E-state index contributed by atoms with van der Waals surface area (Å²) in [6, 6.07) is 1.43. The zero-order chi connectivity index (χ0) is 22.0.